The van der Waals surface area contributed by atoms with E-state index in [2.05, 4.69) is 5.32 Å². The molecular weight excluding hydrogens is 218 g/mol. The van der Waals surface area contributed by atoms with Gasteiger partial charge in [-0.3, -0.25) is 9.35 Å². The second kappa shape index (κ2) is 3.45. The maximum absolute atomic E-state index is 11.6. The normalized spacial score (nSPS) is 19.7. The molecule has 0 saturated heterocycles. The zero-order chi connectivity index (χ0) is 11.9. The monoisotopic (exact) mass is 235 g/mol. The van der Waals surface area contributed by atoms with Crippen molar-refractivity contribution < 1.29 is 17.8 Å². The van der Waals surface area contributed by atoms with Gasteiger partial charge in [0.2, 0.25) is 5.91 Å². The molecule has 1 amide bonds. The largest absolute Gasteiger partial charge is 0.350 e. The summed E-state index contributed by atoms with van der Waals surface area (Å²) in [6.07, 6.45) is 1.67. The topological polar surface area (TPSA) is 83.5 Å². The molecule has 0 aromatic rings. The van der Waals surface area contributed by atoms with Crippen LogP contribution in [0.1, 0.15) is 33.6 Å². The predicted octanol–water partition coefficient (Wildman–Crippen LogP) is 0.569. The summed E-state index contributed by atoms with van der Waals surface area (Å²) in [5.41, 5.74) is -1.27. The fourth-order valence-electron chi connectivity index (χ4n) is 1.36. The third kappa shape index (κ3) is 3.79. The van der Waals surface area contributed by atoms with Gasteiger partial charge in [-0.2, -0.15) is 8.42 Å². The van der Waals surface area contributed by atoms with Crippen LogP contribution < -0.4 is 5.32 Å². The van der Waals surface area contributed by atoms with Crippen molar-refractivity contribution in [1.29, 1.82) is 0 Å². The van der Waals surface area contributed by atoms with E-state index in [1.165, 1.54) is 0 Å². The first-order chi connectivity index (χ1) is 6.54. The Kier molecular flexibility index (Phi) is 2.86. The number of nitrogens with one attached hydrogen (secondary N) is 1. The lowest BCUT2D eigenvalue weighted by molar-refractivity contribution is -0.127. The van der Waals surface area contributed by atoms with Gasteiger partial charge in [0.25, 0.3) is 10.1 Å². The quantitative estimate of drug-likeness (QED) is 0.698. The summed E-state index contributed by atoms with van der Waals surface area (Å²) in [6, 6.07) is 0. The second-order valence-electron chi connectivity index (χ2n) is 5.12. The molecule has 0 radical (unpaired) electrons. The van der Waals surface area contributed by atoms with E-state index in [9.17, 15) is 13.2 Å². The Morgan fingerprint density at radius 1 is 1.47 bits per heavy atom. The standard InChI is InChI=1S/C9H17NO4S/c1-8(2,6-15(12,13)14)10-7(11)9(3)4-5-9/h4-6H2,1-3H3,(H,10,11)(H,12,13,14). The van der Waals surface area contributed by atoms with Gasteiger partial charge in [0.05, 0.1) is 11.3 Å². The maximum atomic E-state index is 11.6. The van der Waals surface area contributed by atoms with Gasteiger partial charge in [0.1, 0.15) is 0 Å². The molecule has 15 heavy (non-hydrogen) atoms. The molecule has 0 heterocycles. The molecule has 1 rings (SSSR count). The van der Waals surface area contributed by atoms with Crippen LogP contribution in [0.25, 0.3) is 0 Å². The van der Waals surface area contributed by atoms with Gasteiger partial charge < -0.3 is 5.32 Å². The average molecular weight is 235 g/mol. The van der Waals surface area contributed by atoms with Crippen molar-refractivity contribution in [3.05, 3.63) is 0 Å². The lowest BCUT2D eigenvalue weighted by Gasteiger charge is -2.26. The molecule has 0 bridgehead atoms. The minimum Gasteiger partial charge on any atom is -0.350 e. The van der Waals surface area contributed by atoms with E-state index in [4.69, 9.17) is 4.55 Å². The molecule has 5 nitrogen and oxygen atoms in total. The first kappa shape index (κ1) is 12.4. The fourth-order valence-corrected chi connectivity index (χ4v) is 2.35. The highest BCUT2D eigenvalue weighted by Gasteiger charge is 2.46. The third-order valence-electron chi connectivity index (χ3n) is 2.54. The van der Waals surface area contributed by atoms with Gasteiger partial charge >= 0.3 is 0 Å². The Hall–Kier alpha value is -0.620. The summed E-state index contributed by atoms with van der Waals surface area (Å²) in [6.45, 7) is 4.99. The van der Waals surface area contributed by atoms with E-state index in [0.717, 1.165) is 12.8 Å². The van der Waals surface area contributed by atoms with Crippen molar-refractivity contribution in [2.45, 2.75) is 39.2 Å². The van der Waals surface area contributed by atoms with Crippen molar-refractivity contribution in [1.82, 2.24) is 5.32 Å². The van der Waals surface area contributed by atoms with Crippen molar-refractivity contribution in [3.63, 3.8) is 0 Å². The van der Waals surface area contributed by atoms with E-state index >= 15 is 0 Å². The Morgan fingerprint density at radius 2 is 1.93 bits per heavy atom. The molecule has 0 unspecified atom stereocenters. The zero-order valence-electron chi connectivity index (χ0n) is 9.20. The van der Waals surface area contributed by atoms with Crippen LogP contribution in [0.4, 0.5) is 0 Å². The minimum absolute atomic E-state index is 0.142. The van der Waals surface area contributed by atoms with Crippen molar-refractivity contribution in [2.75, 3.05) is 5.75 Å². The van der Waals surface area contributed by atoms with Gasteiger partial charge in [-0.1, -0.05) is 6.92 Å². The van der Waals surface area contributed by atoms with E-state index < -0.39 is 21.4 Å². The Labute approximate surface area is 90.0 Å². The number of hydrogen-bond acceptors (Lipinski definition) is 3. The first-order valence-electron chi connectivity index (χ1n) is 4.82. The SMILES string of the molecule is CC(C)(CS(=O)(=O)O)NC(=O)C1(C)CC1. The molecule has 1 aliphatic carbocycles. The zero-order valence-corrected chi connectivity index (χ0v) is 10.0. The molecule has 2 N–H and O–H groups in total. The lowest BCUT2D eigenvalue weighted by Crippen LogP contribution is -2.50. The molecule has 1 saturated carbocycles. The number of rotatable bonds is 4. The predicted molar refractivity (Wildman–Crippen MR) is 56.0 cm³/mol. The molecule has 88 valence electrons. The molecule has 0 atom stereocenters. The smallest absolute Gasteiger partial charge is 0.267 e. The molecule has 0 aromatic carbocycles. The van der Waals surface area contributed by atoms with Crippen molar-refractivity contribution in [3.8, 4) is 0 Å². The Balaban J connectivity index is 2.60. The second-order valence-corrected chi connectivity index (χ2v) is 6.58. The third-order valence-corrected chi connectivity index (χ3v) is 3.63. The Morgan fingerprint density at radius 3 is 2.27 bits per heavy atom. The van der Waals surface area contributed by atoms with E-state index in [-0.39, 0.29) is 11.3 Å². The summed E-state index contributed by atoms with van der Waals surface area (Å²) < 4.78 is 30.1. The molecule has 1 fully saturated rings. The van der Waals surface area contributed by atoms with Gasteiger partial charge in [0, 0.05) is 5.41 Å². The summed E-state index contributed by atoms with van der Waals surface area (Å²) in [7, 11) is -4.07. The summed E-state index contributed by atoms with van der Waals surface area (Å²) in [4.78, 5) is 11.6. The van der Waals surface area contributed by atoms with Gasteiger partial charge in [-0.15, -0.1) is 0 Å². The van der Waals surface area contributed by atoms with Crippen molar-refractivity contribution in [2.24, 2.45) is 5.41 Å². The van der Waals surface area contributed by atoms with Crippen LogP contribution in [0.5, 0.6) is 0 Å². The molecule has 0 aromatic heterocycles. The molecule has 6 heteroatoms. The number of amides is 1. The van der Waals surface area contributed by atoms with E-state index in [1.54, 1.807) is 13.8 Å². The van der Waals surface area contributed by atoms with Crippen LogP contribution in [-0.2, 0) is 14.9 Å². The highest BCUT2D eigenvalue weighted by molar-refractivity contribution is 7.85. The maximum Gasteiger partial charge on any atom is 0.267 e. The van der Waals surface area contributed by atoms with Crippen LogP contribution in [0.3, 0.4) is 0 Å². The van der Waals surface area contributed by atoms with Crippen LogP contribution in [-0.4, -0.2) is 30.2 Å². The van der Waals surface area contributed by atoms with E-state index in [0.29, 0.717) is 0 Å². The molecule has 0 aliphatic heterocycles. The van der Waals surface area contributed by atoms with Crippen LogP contribution in [0.2, 0.25) is 0 Å². The van der Waals surface area contributed by atoms with E-state index in [1.807, 2.05) is 6.92 Å². The molecular formula is C9H17NO4S. The summed E-state index contributed by atoms with van der Waals surface area (Å²) in [5.74, 6) is -0.613. The number of carbonyl (C=O) groups excluding carboxylic acids is 1. The minimum atomic E-state index is -4.07. The van der Waals surface area contributed by atoms with Crippen LogP contribution in [0, 0.1) is 5.41 Å². The summed E-state index contributed by atoms with van der Waals surface area (Å²) >= 11 is 0. The van der Waals surface area contributed by atoms with Gasteiger partial charge in [0.15, 0.2) is 0 Å². The van der Waals surface area contributed by atoms with Crippen molar-refractivity contribution >= 4 is 16.0 Å². The first-order valence-corrected chi connectivity index (χ1v) is 6.43. The van der Waals surface area contributed by atoms with Crippen LogP contribution in [0.15, 0.2) is 0 Å². The summed E-state index contributed by atoms with van der Waals surface area (Å²) in [5, 5.41) is 2.64. The number of carbonyl (C=O) groups is 1. The average Bonchev–Trinajstić information content (AvgIpc) is 2.61. The lowest BCUT2D eigenvalue weighted by atomic mass is 10.0. The Bertz CT molecular complexity index is 368. The highest BCUT2D eigenvalue weighted by Crippen LogP contribution is 2.45. The molecule has 0 spiro atoms. The molecule has 1 aliphatic rings. The van der Waals surface area contributed by atoms with Crippen LogP contribution >= 0.6 is 0 Å². The number of hydrogen-bond donors (Lipinski definition) is 2. The van der Waals surface area contributed by atoms with Gasteiger partial charge in [-0.25, -0.2) is 0 Å². The fraction of sp³-hybridized carbons (Fsp3) is 0.889. The highest BCUT2D eigenvalue weighted by atomic mass is 32.2. The van der Waals surface area contributed by atoms with Gasteiger partial charge in [-0.05, 0) is 26.7 Å².